The number of fused-ring (bicyclic) bond motifs is 5. The monoisotopic (exact) mass is 416 g/mol. The SMILES string of the molecule is CCC(=O)OC.CC[C@H]1CC[C@H]2[C@@H]3CC[C@@H]4CCCC[C@]4(C)[C@H]3CC[C@]12C.[H-].[K+]. The number of hydrogen-bond acceptors (Lipinski definition) is 2. The largest absolute Gasteiger partial charge is 1.00 e. The van der Waals surface area contributed by atoms with E-state index in [0.717, 1.165) is 35.0 Å². The Kier molecular flexibility index (Phi) is 9.62. The minimum atomic E-state index is -0.157. The van der Waals surface area contributed by atoms with E-state index in [2.05, 4.69) is 25.5 Å². The van der Waals surface area contributed by atoms with Crippen LogP contribution in [0.4, 0.5) is 0 Å². The summed E-state index contributed by atoms with van der Waals surface area (Å²) in [5.74, 6) is 5.24. The number of rotatable bonds is 2. The third-order valence-corrected chi connectivity index (χ3v) is 9.79. The maximum atomic E-state index is 9.96. The summed E-state index contributed by atoms with van der Waals surface area (Å²) in [5.41, 5.74) is 1.45. The number of hydrogen-bond donors (Lipinski definition) is 0. The van der Waals surface area contributed by atoms with E-state index in [4.69, 9.17) is 0 Å². The summed E-state index contributed by atoms with van der Waals surface area (Å²) in [4.78, 5) is 9.96. The molecule has 4 aliphatic rings. The zero-order valence-corrected chi connectivity index (χ0v) is 22.8. The van der Waals surface area contributed by atoms with Crippen LogP contribution in [0.1, 0.15) is 106 Å². The predicted octanol–water partition coefficient (Wildman–Crippen LogP) is 4.13. The summed E-state index contributed by atoms with van der Waals surface area (Å²) >= 11 is 0. The van der Waals surface area contributed by atoms with Crippen LogP contribution in [0.5, 0.6) is 0 Å². The zero-order chi connectivity index (χ0) is 19.7. The fourth-order valence-corrected chi connectivity index (χ4v) is 8.22. The molecular weight excluding hydrogens is 371 g/mol. The number of ether oxygens (including phenoxy) is 1. The van der Waals surface area contributed by atoms with Crippen LogP contribution in [0.2, 0.25) is 0 Å². The topological polar surface area (TPSA) is 26.3 Å². The molecule has 28 heavy (non-hydrogen) atoms. The average molecular weight is 417 g/mol. The second-order valence-corrected chi connectivity index (χ2v) is 10.6. The van der Waals surface area contributed by atoms with Gasteiger partial charge in [-0.1, -0.05) is 47.0 Å². The third-order valence-electron chi connectivity index (χ3n) is 9.79. The summed E-state index contributed by atoms with van der Waals surface area (Å²) < 4.78 is 4.26. The van der Waals surface area contributed by atoms with Crippen molar-refractivity contribution in [1.29, 1.82) is 0 Å². The molecule has 0 aromatic rings. The molecule has 7 atom stereocenters. The summed E-state index contributed by atoms with van der Waals surface area (Å²) in [6, 6.07) is 0. The summed E-state index contributed by atoms with van der Waals surface area (Å²) in [5, 5.41) is 0. The molecule has 2 nitrogen and oxygen atoms in total. The molecule has 0 heterocycles. The van der Waals surface area contributed by atoms with E-state index in [9.17, 15) is 4.79 Å². The quantitative estimate of drug-likeness (QED) is 0.500. The Bertz CT molecular complexity index is 521. The predicted molar refractivity (Wildman–Crippen MR) is 114 cm³/mol. The van der Waals surface area contributed by atoms with Crippen molar-refractivity contribution in [2.75, 3.05) is 7.11 Å². The van der Waals surface area contributed by atoms with Crippen molar-refractivity contribution in [3.05, 3.63) is 0 Å². The maximum absolute atomic E-state index is 9.96. The normalized spacial score (nSPS) is 44.0. The van der Waals surface area contributed by atoms with Crippen LogP contribution >= 0.6 is 0 Å². The summed E-state index contributed by atoms with van der Waals surface area (Å²) in [6.07, 6.45) is 17.5. The molecule has 0 saturated heterocycles. The van der Waals surface area contributed by atoms with Crippen LogP contribution in [-0.4, -0.2) is 13.1 Å². The number of methoxy groups -OCH3 is 1. The van der Waals surface area contributed by atoms with E-state index in [1.165, 1.54) is 26.4 Å². The van der Waals surface area contributed by atoms with Gasteiger partial charge in [0, 0.05) is 6.42 Å². The minimum Gasteiger partial charge on any atom is -1.00 e. The van der Waals surface area contributed by atoms with Crippen molar-refractivity contribution >= 4 is 5.97 Å². The van der Waals surface area contributed by atoms with Crippen molar-refractivity contribution in [2.45, 2.75) is 105 Å². The van der Waals surface area contributed by atoms with Gasteiger partial charge in [0.05, 0.1) is 7.11 Å². The van der Waals surface area contributed by atoms with E-state index in [1.54, 1.807) is 58.3 Å². The molecule has 0 unspecified atom stereocenters. The van der Waals surface area contributed by atoms with Gasteiger partial charge in [0.25, 0.3) is 0 Å². The molecule has 4 rings (SSSR count). The van der Waals surface area contributed by atoms with E-state index < -0.39 is 0 Å². The van der Waals surface area contributed by atoms with Crippen LogP contribution in [0.3, 0.4) is 0 Å². The van der Waals surface area contributed by atoms with E-state index in [1.807, 2.05) is 0 Å². The fraction of sp³-hybridized carbons (Fsp3) is 0.960. The summed E-state index contributed by atoms with van der Waals surface area (Å²) in [6.45, 7) is 9.60. The Labute approximate surface area is 218 Å². The average Bonchev–Trinajstić information content (AvgIpc) is 3.03. The first-order valence-electron chi connectivity index (χ1n) is 12.0. The standard InChI is InChI=1S/C21H36.C4H8O2.K.H/c1-4-15-9-11-18-17-10-8-16-7-5-6-13-20(16,2)19(17)12-14-21(15,18)3;1-3-4(5)6-2;;/h15-19H,4-14H2,1-3H3;3H2,1-2H3;;/q;;+1;-1/t15-,16-,17-,18-,19-,20-,21+;;;/m0.../s1. The Morgan fingerprint density at radius 2 is 1.64 bits per heavy atom. The van der Waals surface area contributed by atoms with Gasteiger partial charge in [-0.15, -0.1) is 0 Å². The van der Waals surface area contributed by atoms with Crippen molar-refractivity contribution in [2.24, 2.45) is 40.4 Å². The second-order valence-electron chi connectivity index (χ2n) is 10.6. The molecule has 4 fully saturated rings. The van der Waals surface area contributed by atoms with Gasteiger partial charge >= 0.3 is 57.4 Å². The number of carbonyl (C=O) groups is 1. The van der Waals surface area contributed by atoms with Crippen molar-refractivity contribution in [3.8, 4) is 0 Å². The first kappa shape index (κ1) is 25.4. The Hall–Kier alpha value is 1.11. The van der Waals surface area contributed by atoms with Gasteiger partial charge in [-0.05, 0) is 91.8 Å². The van der Waals surface area contributed by atoms with Crippen molar-refractivity contribution in [3.63, 3.8) is 0 Å². The second kappa shape index (κ2) is 10.6. The molecular formula is C25H45KO2. The van der Waals surface area contributed by atoms with Gasteiger partial charge in [0.15, 0.2) is 0 Å². The van der Waals surface area contributed by atoms with Crippen molar-refractivity contribution in [1.82, 2.24) is 0 Å². The first-order chi connectivity index (χ1) is 12.9. The smallest absolute Gasteiger partial charge is 1.00 e. The fourth-order valence-electron chi connectivity index (χ4n) is 8.22. The number of carbonyl (C=O) groups excluding carboxylic acids is 1. The molecule has 4 saturated carbocycles. The molecule has 0 radical (unpaired) electrons. The molecule has 0 N–H and O–H groups in total. The summed E-state index contributed by atoms with van der Waals surface area (Å²) in [7, 11) is 1.38. The van der Waals surface area contributed by atoms with Gasteiger partial charge in [-0.2, -0.15) is 0 Å². The van der Waals surface area contributed by atoms with E-state index in [0.29, 0.717) is 11.8 Å². The van der Waals surface area contributed by atoms with Gasteiger partial charge < -0.3 is 6.16 Å². The molecule has 0 aromatic carbocycles. The molecule has 0 aliphatic heterocycles. The van der Waals surface area contributed by atoms with Gasteiger partial charge in [0.2, 0.25) is 0 Å². The van der Waals surface area contributed by atoms with Gasteiger partial charge in [-0.25, -0.2) is 0 Å². The van der Waals surface area contributed by atoms with E-state index in [-0.39, 0.29) is 58.8 Å². The van der Waals surface area contributed by atoms with E-state index >= 15 is 0 Å². The van der Waals surface area contributed by atoms with Crippen molar-refractivity contribution < 1.29 is 62.3 Å². The molecule has 158 valence electrons. The Morgan fingerprint density at radius 1 is 0.929 bits per heavy atom. The molecule has 3 heteroatoms. The van der Waals surface area contributed by atoms with Gasteiger partial charge in [-0.3, -0.25) is 4.79 Å². The Balaban J connectivity index is 0.000000467. The van der Waals surface area contributed by atoms with Gasteiger partial charge in [0.1, 0.15) is 0 Å². The zero-order valence-electron chi connectivity index (χ0n) is 20.7. The molecule has 0 bridgehead atoms. The van der Waals surface area contributed by atoms with Crippen LogP contribution in [0.25, 0.3) is 0 Å². The van der Waals surface area contributed by atoms with Crippen LogP contribution in [0.15, 0.2) is 0 Å². The first-order valence-corrected chi connectivity index (χ1v) is 12.0. The maximum Gasteiger partial charge on any atom is 1.00 e. The Morgan fingerprint density at radius 3 is 2.25 bits per heavy atom. The van der Waals surface area contributed by atoms with Crippen LogP contribution in [0, 0.1) is 40.4 Å². The third kappa shape index (κ3) is 4.64. The molecule has 0 spiro atoms. The van der Waals surface area contributed by atoms with Crippen LogP contribution < -0.4 is 51.4 Å². The number of esters is 1. The minimum absolute atomic E-state index is 0. The molecule has 0 amide bonds. The molecule has 0 aromatic heterocycles. The molecule has 4 aliphatic carbocycles. The van der Waals surface area contributed by atoms with Crippen LogP contribution in [-0.2, 0) is 9.53 Å².